The number of fused-ring (bicyclic) bond motifs is 4. The van der Waals surface area contributed by atoms with Gasteiger partial charge in [0.1, 0.15) is 11.0 Å². The Hall–Kier alpha value is -6.38. The number of hydrogen-bond donors (Lipinski definition) is 0. The summed E-state index contributed by atoms with van der Waals surface area (Å²) < 4.78 is 2.51. The van der Waals surface area contributed by atoms with Gasteiger partial charge in [0.15, 0.2) is 0 Å². The van der Waals surface area contributed by atoms with E-state index in [-0.39, 0.29) is 0 Å². The molecule has 2 nitrogen and oxygen atoms in total. The minimum atomic E-state index is 0.963. The van der Waals surface area contributed by atoms with Crippen LogP contribution in [0.25, 0.3) is 93.5 Å². The second-order valence-corrected chi connectivity index (χ2v) is 12.5. The van der Waals surface area contributed by atoms with Gasteiger partial charge in [0.25, 0.3) is 0 Å². The van der Waals surface area contributed by atoms with Gasteiger partial charge in [0, 0.05) is 22.2 Å². The highest BCUT2D eigenvalue weighted by Gasteiger charge is 2.31. The molecule has 10 aromatic rings. The Labute approximate surface area is 278 Å². The molecule has 2 heteroatoms. The molecule has 1 aromatic heterocycles. The highest BCUT2D eigenvalue weighted by Crippen LogP contribution is 2.43. The van der Waals surface area contributed by atoms with Gasteiger partial charge in [-0.2, -0.15) is 0 Å². The average Bonchev–Trinajstić information content (AvgIpc) is 3.17. The van der Waals surface area contributed by atoms with Gasteiger partial charge >= 0.3 is 0 Å². The van der Waals surface area contributed by atoms with Crippen LogP contribution in [-0.4, -0.2) is 4.98 Å². The number of benzene rings is 9. The first kappa shape index (κ1) is 26.8. The van der Waals surface area contributed by atoms with Crippen molar-refractivity contribution in [2.24, 2.45) is 0 Å². The SMILES string of the molecule is c1ccc(-c2cc(-c3ccccc3)c(-[n+]3c4ccccc4nc4c5cccc6ccc7cccc(c7c65)c43)c(-c3ccccc3)c2)cc1. The topological polar surface area (TPSA) is 16.8 Å². The molecule has 0 radical (unpaired) electrons. The van der Waals surface area contributed by atoms with Gasteiger partial charge in [-0.15, -0.1) is 4.57 Å². The van der Waals surface area contributed by atoms with Gasteiger partial charge < -0.3 is 0 Å². The third kappa shape index (κ3) is 4.00. The molecule has 0 saturated heterocycles. The van der Waals surface area contributed by atoms with Crippen molar-refractivity contribution in [1.82, 2.24) is 4.98 Å². The monoisotopic (exact) mass is 609 g/mol. The summed E-state index contributed by atoms with van der Waals surface area (Å²) in [6.45, 7) is 0. The molecule has 1 heterocycles. The quantitative estimate of drug-likeness (QED) is 0.110. The van der Waals surface area contributed by atoms with Crippen LogP contribution in [0, 0.1) is 0 Å². The van der Waals surface area contributed by atoms with Crippen LogP contribution in [-0.2, 0) is 0 Å². The summed E-state index contributed by atoms with van der Waals surface area (Å²) >= 11 is 0. The summed E-state index contributed by atoms with van der Waals surface area (Å²) in [5.41, 5.74) is 12.4. The van der Waals surface area contributed by atoms with Gasteiger partial charge in [-0.05, 0) is 57.3 Å². The molecule has 9 aromatic carbocycles. The Balaban J connectivity index is 1.49. The number of hydrogen-bond acceptors (Lipinski definition) is 1. The van der Waals surface area contributed by atoms with E-state index in [9.17, 15) is 0 Å². The molecule has 0 bridgehead atoms. The van der Waals surface area contributed by atoms with Crippen LogP contribution in [0.2, 0.25) is 0 Å². The lowest BCUT2D eigenvalue weighted by atomic mass is 9.89. The predicted molar refractivity (Wildman–Crippen MR) is 201 cm³/mol. The lowest BCUT2D eigenvalue weighted by Gasteiger charge is -2.18. The van der Waals surface area contributed by atoms with Crippen LogP contribution in [0.5, 0.6) is 0 Å². The number of para-hydroxylation sites is 2. The fraction of sp³-hybridized carbons (Fsp3) is 0. The fourth-order valence-electron chi connectivity index (χ4n) is 7.71. The Bertz CT molecular complexity index is 2740. The zero-order valence-electron chi connectivity index (χ0n) is 26.1. The molecule has 0 saturated carbocycles. The van der Waals surface area contributed by atoms with Crippen molar-refractivity contribution in [3.63, 3.8) is 0 Å². The number of rotatable bonds is 4. The second kappa shape index (κ2) is 10.6. The summed E-state index contributed by atoms with van der Waals surface area (Å²) in [7, 11) is 0. The van der Waals surface area contributed by atoms with Crippen LogP contribution in [0.15, 0.2) is 176 Å². The zero-order chi connectivity index (χ0) is 31.6. The molecular weight excluding hydrogens is 581 g/mol. The average molecular weight is 610 g/mol. The van der Waals surface area contributed by atoms with Crippen LogP contribution < -0.4 is 4.57 Å². The van der Waals surface area contributed by atoms with E-state index in [0.29, 0.717) is 0 Å². The molecule has 0 N–H and O–H groups in total. The third-order valence-electron chi connectivity index (χ3n) is 9.81. The van der Waals surface area contributed by atoms with Crippen molar-refractivity contribution >= 4 is 54.4 Å². The first-order valence-corrected chi connectivity index (χ1v) is 16.5. The Morgan fingerprint density at radius 1 is 0.396 bits per heavy atom. The van der Waals surface area contributed by atoms with Crippen LogP contribution in [0.1, 0.15) is 0 Å². The molecule has 0 unspecified atom stereocenters. The first-order valence-electron chi connectivity index (χ1n) is 16.5. The van der Waals surface area contributed by atoms with Gasteiger partial charge in [-0.3, -0.25) is 0 Å². The molecule has 0 atom stereocenters. The van der Waals surface area contributed by atoms with Gasteiger partial charge in [-0.25, -0.2) is 4.98 Å². The van der Waals surface area contributed by atoms with E-state index in [4.69, 9.17) is 4.98 Å². The molecule has 0 aliphatic rings. The fourth-order valence-corrected chi connectivity index (χ4v) is 7.71. The van der Waals surface area contributed by atoms with Gasteiger partial charge in [0.2, 0.25) is 16.7 Å². The minimum Gasteiger partial charge on any atom is -0.234 e. The minimum absolute atomic E-state index is 0.963. The second-order valence-electron chi connectivity index (χ2n) is 12.5. The lowest BCUT2D eigenvalue weighted by Crippen LogP contribution is -2.35. The van der Waals surface area contributed by atoms with Crippen molar-refractivity contribution < 1.29 is 4.57 Å². The maximum Gasteiger partial charge on any atom is 0.246 e. The maximum atomic E-state index is 5.46. The highest BCUT2D eigenvalue weighted by molar-refractivity contribution is 6.32. The van der Waals surface area contributed by atoms with Crippen molar-refractivity contribution in [3.05, 3.63) is 176 Å². The van der Waals surface area contributed by atoms with Crippen molar-refractivity contribution in [3.8, 4) is 39.1 Å². The third-order valence-corrected chi connectivity index (χ3v) is 9.81. The molecule has 0 amide bonds. The van der Waals surface area contributed by atoms with E-state index in [0.717, 1.165) is 27.8 Å². The maximum absolute atomic E-state index is 5.46. The first-order chi connectivity index (χ1) is 23.8. The van der Waals surface area contributed by atoms with E-state index in [1.165, 1.54) is 65.7 Å². The van der Waals surface area contributed by atoms with E-state index in [2.05, 4.69) is 180 Å². The van der Waals surface area contributed by atoms with Crippen LogP contribution in [0.3, 0.4) is 0 Å². The summed E-state index contributed by atoms with van der Waals surface area (Å²) in [6, 6.07) is 63.6. The molecule has 0 aliphatic carbocycles. The molecule has 0 fully saturated rings. The predicted octanol–water partition coefficient (Wildman–Crippen LogP) is 11.6. The van der Waals surface area contributed by atoms with E-state index in [1.54, 1.807) is 0 Å². The van der Waals surface area contributed by atoms with Crippen molar-refractivity contribution in [1.29, 1.82) is 0 Å². The smallest absolute Gasteiger partial charge is 0.234 e. The highest BCUT2D eigenvalue weighted by atomic mass is 15.0. The van der Waals surface area contributed by atoms with Crippen LogP contribution in [0.4, 0.5) is 0 Å². The molecular formula is C46H29N2+. The molecule has 10 rings (SSSR count). The zero-order valence-corrected chi connectivity index (χ0v) is 26.1. The van der Waals surface area contributed by atoms with E-state index < -0.39 is 0 Å². The van der Waals surface area contributed by atoms with Gasteiger partial charge in [-0.1, -0.05) is 146 Å². The van der Waals surface area contributed by atoms with Crippen molar-refractivity contribution in [2.45, 2.75) is 0 Å². The summed E-state index contributed by atoms with van der Waals surface area (Å²) in [5.74, 6) is 0. The lowest BCUT2D eigenvalue weighted by molar-refractivity contribution is -0.535. The summed E-state index contributed by atoms with van der Waals surface area (Å²) in [5, 5.41) is 7.42. The number of aromatic nitrogens is 2. The number of nitrogens with zero attached hydrogens (tertiary/aromatic N) is 2. The summed E-state index contributed by atoms with van der Waals surface area (Å²) in [4.78, 5) is 5.46. The normalized spacial score (nSPS) is 11.8. The van der Waals surface area contributed by atoms with Crippen LogP contribution >= 0.6 is 0 Å². The standard InChI is InChI=1S/C46H29N2/c1-4-14-30(15-5-1)35-28-38(31-16-6-2-7-17-31)45(39(29-35)32-18-8-3-9-19-32)48-41-25-11-10-24-40(41)47-44-36-22-12-20-33-26-27-34-21-13-23-37(46(44)48)43(34)42(33)36/h1-29H/q+1. The van der Waals surface area contributed by atoms with Gasteiger partial charge in [0.05, 0.1) is 16.5 Å². The Morgan fingerprint density at radius 2 is 0.917 bits per heavy atom. The van der Waals surface area contributed by atoms with Crippen molar-refractivity contribution in [2.75, 3.05) is 0 Å². The summed E-state index contributed by atoms with van der Waals surface area (Å²) in [6.07, 6.45) is 0. The molecule has 48 heavy (non-hydrogen) atoms. The largest absolute Gasteiger partial charge is 0.246 e. The molecule has 0 aliphatic heterocycles. The molecule has 222 valence electrons. The molecule has 0 spiro atoms. The van der Waals surface area contributed by atoms with E-state index >= 15 is 0 Å². The van der Waals surface area contributed by atoms with E-state index in [1.807, 2.05) is 0 Å². The Kier molecular flexibility index (Phi) is 5.91. The Morgan fingerprint density at radius 3 is 1.54 bits per heavy atom.